The van der Waals surface area contributed by atoms with E-state index in [0.717, 1.165) is 50.5 Å². The SMILES string of the molecule is CS(=O)(=O)c1ccc(C2(C(=O)N3CCC[C@H](O)C3)CCCCC2)cc1. The van der Waals surface area contributed by atoms with E-state index in [9.17, 15) is 18.3 Å². The van der Waals surface area contributed by atoms with Gasteiger partial charge in [-0.2, -0.15) is 0 Å². The number of rotatable bonds is 3. The fraction of sp³-hybridized carbons (Fsp3) is 0.632. The van der Waals surface area contributed by atoms with Crippen LogP contribution in [0.1, 0.15) is 50.5 Å². The predicted octanol–water partition coefficient (Wildman–Crippen LogP) is 2.28. The number of β-amino-alcohol motifs (C(OH)–C–C–N with tert-alkyl or cyclic N) is 1. The lowest BCUT2D eigenvalue weighted by Crippen LogP contribution is -2.52. The van der Waals surface area contributed by atoms with E-state index < -0.39 is 21.4 Å². The number of carbonyl (C=O) groups excluding carboxylic acids is 1. The molecule has 0 radical (unpaired) electrons. The van der Waals surface area contributed by atoms with Crippen LogP contribution in [0.4, 0.5) is 0 Å². The van der Waals surface area contributed by atoms with Crippen molar-refractivity contribution in [3.8, 4) is 0 Å². The largest absolute Gasteiger partial charge is 0.391 e. The molecule has 1 aliphatic heterocycles. The van der Waals surface area contributed by atoms with Gasteiger partial charge >= 0.3 is 0 Å². The second kappa shape index (κ2) is 7.08. The highest BCUT2D eigenvalue weighted by atomic mass is 32.2. The molecule has 5 nitrogen and oxygen atoms in total. The van der Waals surface area contributed by atoms with Gasteiger partial charge in [-0.1, -0.05) is 31.4 Å². The summed E-state index contributed by atoms with van der Waals surface area (Å²) in [7, 11) is -3.25. The van der Waals surface area contributed by atoms with Crippen molar-refractivity contribution in [2.75, 3.05) is 19.3 Å². The van der Waals surface area contributed by atoms with Gasteiger partial charge in [0.05, 0.1) is 16.4 Å². The van der Waals surface area contributed by atoms with Gasteiger partial charge in [-0.05, 0) is 43.4 Å². The number of hydrogen-bond donors (Lipinski definition) is 1. The van der Waals surface area contributed by atoms with Crippen LogP contribution in [0.5, 0.6) is 0 Å². The number of amides is 1. The summed E-state index contributed by atoms with van der Waals surface area (Å²) in [5.74, 6) is 0.0954. The molecule has 0 aromatic heterocycles. The zero-order valence-electron chi connectivity index (χ0n) is 14.8. The molecule has 1 aromatic carbocycles. The Balaban J connectivity index is 1.94. The highest BCUT2D eigenvalue weighted by molar-refractivity contribution is 7.90. The molecule has 1 saturated carbocycles. The monoisotopic (exact) mass is 365 g/mol. The van der Waals surface area contributed by atoms with Crippen LogP contribution < -0.4 is 0 Å². The Morgan fingerprint density at radius 3 is 2.32 bits per heavy atom. The Morgan fingerprint density at radius 1 is 1.12 bits per heavy atom. The first-order valence-electron chi connectivity index (χ1n) is 9.11. The number of hydrogen-bond acceptors (Lipinski definition) is 4. The first-order valence-corrected chi connectivity index (χ1v) is 11.0. The quantitative estimate of drug-likeness (QED) is 0.892. The lowest BCUT2D eigenvalue weighted by atomic mass is 9.68. The van der Waals surface area contributed by atoms with E-state index in [-0.39, 0.29) is 10.8 Å². The van der Waals surface area contributed by atoms with E-state index in [0.29, 0.717) is 13.1 Å². The molecule has 3 rings (SSSR count). The maximum absolute atomic E-state index is 13.4. The average Bonchev–Trinajstić information content (AvgIpc) is 2.61. The Bertz CT molecular complexity index is 720. The number of benzene rings is 1. The number of likely N-dealkylation sites (tertiary alicyclic amines) is 1. The van der Waals surface area contributed by atoms with Crippen LogP contribution in [-0.4, -0.2) is 49.8 Å². The molecule has 0 bridgehead atoms. The van der Waals surface area contributed by atoms with Crippen LogP contribution in [0.15, 0.2) is 29.2 Å². The van der Waals surface area contributed by atoms with Crippen LogP contribution in [0.2, 0.25) is 0 Å². The first-order chi connectivity index (χ1) is 11.8. The molecule has 0 unspecified atom stereocenters. The number of aliphatic hydroxyl groups excluding tert-OH is 1. The van der Waals surface area contributed by atoms with Gasteiger partial charge in [-0.3, -0.25) is 4.79 Å². The van der Waals surface area contributed by atoms with Crippen molar-refractivity contribution in [2.45, 2.75) is 61.4 Å². The fourth-order valence-electron chi connectivity index (χ4n) is 4.24. The zero-order valence-corrected chi connectivity index (χ0v) is 15.6. The molecule has 1 N–H and O–H groups in total. The smallest absolute Gasteiger partial charge is 0.233 e. The molecule has 2 aliphatic rings. The highest BCUT2D eigenvalue weighted by Gasteiger charge is 2.44. The van der Waals surface area contributed by atoms with Gasteiger partial charge in [0.2, 0.25) is 5.91 Å². The molecule has 138 valence electrons. The third-order valence-electron chi connectivity index (χ3n) is 5.64. The summed E-state index contributed by atoms with van der Waals surface area (Å²) in [5.41, 5.74) is 0.329. The number of nitrogens with zero attached hydrogens (tertiary/aromatic N) is 1. The Kier molecular flexibility index (Phi) is 5.21. The van der Waals surface area contributed by atoms with Gasteiger partial charge < -0.3 is 10.0 Å². The minimum absolute atomic E-state index is 0.0954. The van der Waals surface area contributed by atoms with Gasteiger partial charge in [0.15, 0.2) is 9.84 Å². The molecule has 0 spiro atoms. The van der Waals surface area contributed by atoms with Crippen molar-refractivity contribution in [1.82, 2.24) is 4.90 Å². The normalized spacial score (nSPS) is 24.1. The van der Waals surface area contributed by atoms with Gasteiger partial charge in [-0.15, -0.1) is 0 Å². The van der Waals surface area contributed by atoms with Crippen molar-refractivity contribution >= 4 is 15.7 Å². The second-order valence-corrected chi connectivity index (χ2v) is 9.50. The van der Waals surface area contributed by atoms with E-state index in [2.05, 4.69) is 0 Å². The molecule has 25 heavy (non-hydrogen) atoms. The number of aliphatic hydroxyl groups is 1. The molecule has 1 saturated heterocycles. The van der Waals surface area contributed by atoms with E-state index >= 15 is 0 Å². The summed E-state index contributed by atoms with van der Waals surface area (Å²) in [5, 5.41) is 9.95. The molecular weight excluding hydrogens is 338 g/mol. The fourth-order valence-corrected chi connectivity index (χ4v) is 4.87. The van der Waals surface area contributed by atoms with Gasteiger partial charge in [-0.25, -0.2) is 8.42 Å². The Morgan fingerprint density at radius 2 is 1.76 bits per heavy atom. The number of piperidine rings is 1. The van der Waals surface area contributed by atoms with E-state index in [1.54, 1.807) is 24.3 Å². The predicted molar refractivity (Wildman–Crippen MR) is 96.1 cm³/mol. The number of carbonyl (C=O) groups is 1. The minimum Gasteiger partial charge on any atom is -0.391 e. The Labute approximate surface area is 150 Å². The van der Waals surface area contributed by atoms with Crippen molar-refractivity contribution in [3.05, 3.63) is 29.8 Å². The summed E-state index contributed by atoms with van der Waals surface area (Å²) in [6, 6.07) is 6.83. The molecule has 6 heteroatoms. The maximum Gasteiger partial charge on any atom is 0.233 e. The van der Waals surface area contributed by atoms with Crippen molar-refractivity contribution in [2.24, 2.45) is 0 Å². The van der Waals surface area contributed by atoms with Crippen molar-refractivity contribution in [3.63, 3.8) is 0 Å². The minimum atomic E-state index is -3.25. The molecule has 1 atom stereocenters. The van der Waals surface area contributed by atoms with E-state index in [1.807, 2.05) is 4.90 Å². The summed E-state index contributed by atoms with van der Waals surface area (Å²) in [6.07, 6.45) is 7.03. The topological polar surface area (TPSA) is 74.7 Å². The van der Waals surface area contributed by atoms with Crippen molar-refractivity contribution < 1.29 is 18.3 Å². The molecule has 1 aliphatic carbocycles. The van der Waals surface area contributed by atoms with Crippen LogP contribution >= 0.6 is 0 Å². The standard InChI is InChI=1S/C19H27NO4S/c1-25(23,24)17-9-7-15(8-10-17)19(11-3-2-4-12-19)18(22)20-13-5-6-16(21)14-20/h7-10,16,21H,2-6,11-14H2,1H3/t16-/m0/s1. The molecule has 1 aromatic rings. The van der Waals surface area contributed by atoms with Gasteiger partial charge in [0.1, 0.15) is 0 Å². The number of sulfone groups is 1. The first kappa shape index (κ1) is 18.4. The molecule has 2 fully saturated rings. The van der Waals surface area contributed by atoms with E-state index in [4.69, 9.17) is 0 Å². The summed E-state index contributed by atoms with van der Waals surface area (Å²) >= 11 is 0. The van der Waals surface area contributed by atoms with Crippen LogP contribution in [0.3, 0.4) is 0 Å². The van der Waals surface area contributed by atoms with Crippen LogP contribution in [0.25, 0.3) is 0 Å². The molecule has 1 amide bonds. The highest BCUT2D eigenvalue weighted by Crippen LogP contribution is 2.41. The third kappa shape index (κ3) is 3.75. The Hall–Kier alpha value is -1.40. The molecular formula is C19H27NO4S. The van der Waals surface area contributed by atoms with Crippen LogP contribution in [0, 0.1) is 0 Å². The maximum atomic E-state index is 13.4. The van der Waals surface area contributed by atoms with Crippen LogP contribution in [-0.2, 0) is 20.0 Å². The van der Waals surface area contributed by atoms with E-state index in [1.165, 1.54) is 6.26 Å². The van der Waals surface area contributed by atoms with Gasteiger partial charge in [0, 0.05) is 19.3 Å². The summed E-state index contributed by atoms with van der Waals surface area (Å²) in [6.45, 7) is 1.10. The average molecular weight is 365 g/mol. The van der Waals surface area contributed by atoms with Crippen molar-refractivity contribution in [1.29, 1.82) is 0 Å². The third-order valence-corrected chi connectivity index (χ3v) is 6.76. The lowest BCUT2D eigenvalue weighted by Gasteiger charge is -2.42. The lowest BCUT2D eigenvalue weighted by molar-refractivity contribution is -0.142. The molecule has 1 heterocycles. The summed E-state index contributed by atoms with van der Waals surface area (Å²) < 4.78 is 23.4. The zero-order chi connectivity index (χ0) is 18.1. The van der Waals surface area contributed by atoms with Gasteiger partial charge in [0.25, 0.3) is 0 Å². The second-order valence-electron chi connectivity index (χ2n) is 7.49. The summed E-state index contributed by atoms with van der Waals surface area (Å²) in [4.78, 5) is 15.5.